The van der Waals surface area contributed by atoms with Crippen molar-refractivity contribution >= 4 is 5.91 Å². The van der Waals surface area contributed by atoms with E-state index in [-0.39, 0.29) is 0 Å². The topological polar surface area (TPSA) is 36.4 Å². The Balaban J connectivity index is 1.56. The number of aromatic nitrogens is 1. The molecule has 20 heavy (non-hydrogen) atoms. The van der Waals surface area contributed by atoms with Crippen molar-refractivity contribution < 1.29 is 4.79 Å². The highest BCUT2D eigenvalue weighted by Gasteiger charge is 2.41. The third kappa shape index (κ3) is 2.70. The molecule has 0 spiro atoms. The Morgan fingerprint density at radius 2 is 2.05 bits per heavy atom. The normalized spacial score (nSPS) is 25.9. The smallest absolute Gasteiger partial charge is 0.222 e. The van der Waals surface area contributed by atoms with Crippen molar-refractivity contribution in [2.45, 2.75) is 44.7 Å². The van der Waals surface area contributed by atoms with Gasteiger partial charge in [0.05, 0.1) is 0 Å². The molecule has 1 aromatic rings. The Kier molecular flexibility index (Phi) is 4.01. The van der Waals surface area contributed by atoms with Gasteiger partial charge in [0.15, 0.2) is 0 Å². The molecule has 4 heteroatoms. The first-order valence-corrected chi connectivity index (χ1v) is 7.71. The summed E-state index contributed by atoms with van der Waals surface area (Å²) in [5.41, 5.74) is 1.16. The summed E-state index contributed by atoms with van der Waals surface area (Å²) >= 11 is 0. The fourth-order valence-electron chi connectivity index (χ4n) is 3.58. The fourth-order valence-corrected chi connectivity index (χ4v) is 3.58. The van der Waals surface area contributed by atoms with Gasteiger partial charge in [0.2, 0.25) is 5.91 Å². The predicted molar refractivity (Wildman–Crippen MR) is 78.3 cm³/mol. The number of fused-ring (bicyclic) bond motifs is 2. The number of piperazine rings is 1. The van der Waals surface area contributed by atoms with Crippen LogP contribution >= 0.6 is 0 Å². The second kappa shape index (κ2) is 5.92. The number of carbonyl (C=O) groups is 1. The summed E-state index contributed by atoms with van der Waals surface area (Å²) in [4.78, 5) is 21.1. The minimum absolute atomic E-state index is 0.335. The highest BCUT2D eigenvalue weighted by molar-refractivity contribution is 5.77. The van der Waals surface area contributed by atoms with Crippen LogP contribution in [0.1, 0.15) is 31.9 Å². The van der Waals surface area contributed by atoms with Crippen LogP contribution in [-0.4, -0.2) is 52.4 Å². The van der Waals surface area contributed by atoms with Gasteiger partial charge in [-0.15, -0.1) is 0 Å². The van der Waals surface area contributed by atoms with E-state index in [1.54, 1.807) is 0 Å². The molecule has 2 atom stereocenters. The van der Waals surface area contributed by atoms with Crippen LogP contribution in [-0.2, 0) is 11.2 Å². The van der Waals surface area contributed by atoms with E-state index in [4.69, 9.17) is 0 Å². The first kappa shape index (κ1) is 13.6. The van der Waals surface area contributed by atoms with Gasteiger partial charge in [-0.3, -0.25) is 14.7 Å². The van der Waals surface area contributed by atoms with Gasteiger partial charge < -0.3 is 4.90 Å². The quantitative estimate of drug-likeness (QED) is 0.838. The van der Waals surface area contributed by atoms with Crippen molar-refractivity contribution in [3.63, 3.8) is 0 Å². The van der Waals surface area contributed by atoms with Gasteiger partial charge in [0.25, 0.3) is 0 Å². The summed E-state index contributed by atoms with van der Waals surface area (Å²) in [5, 5.41) is 0. The monoisotopic (exact) mass is 273 g/mol. The number of carbonyl (C=O) groups excluding carboxylic acids is 1. The van der Waals surface area contributed by atoms with Crippen molar-refractivity contribution in [1.29, 1.82) is 0 Å². The van der Waals surface area contributed by atoms with Crippen LogP contribution in [0.25, 0.3) is 0 Å². The number of rotatable bonds is 4. The molecule has 1 aromatic heterocycles. The summed E-state index contributed by atoms with van der Waals surface area (Å²) in [6.45, 7) is 5.09. The molecule has 2 aliphatic rings. The van der Waals surface area contributed by atoms with E-state index in [0.717, 1.165) is 31.7 Å². The zero-order chi connectivity index (χ0) is 13.9. The number of pyridine rings is 1. The van der Waals surface area contributed by atoms with Gasteiger partial charge in [-0.2, -0.15) is 0 Å². The number of amides is 1. The third-order valence-corrected chi connectivity index (χ3v) is 4.56. The van der Waals surface area contributed by atoms with E-state index < -0.39 is 0 Å². The summed E-state index contributed by atoms with van der Waals surface area (Å²) in [7, 11) is 0. The van der Waals surface area contributed by atoms with E-state index >= 15 is 0 Å². The second-order valence-electron chi connectivity index (χ2n) is 5.87. The fraction of sp³-hybridized carbons (Fsp3) is 0.625. The molecule has 0 radical (unpaired) electrons. The van der Waals surface area contributed by atoms with Crippen molar-refractivity contribution in [1.82, 2.24) is 14.8 Å². The van der Waals surface area contributed by atoms with Crippen LogP contribution < -0.4 is 0 Å². The van der Waals surface area contributed by atoms with Crippen LogP contribution in [0.4, 0.5) is 0 Å². The molecule has 0 saturated carbocycles. The first-order chi connectivity index (χ1) is 9.78. The summed E-state index contributed by atoms with van der Waals surface area (Å²) in [6.07, 6.45) is 5.85. The Hall–Kier alpha value is -1.42. The van der Waals surface area contributed by atoms with Crippen molar-refractivity contribution in [2.24, 2.45) is 0 Å². The largest absolute Gasteiger partial charge is 0.334 e. The Morgan fingerprint density at radius 3 is 2.65 bits per heavy atom. The van der Waals surface area contributed by atoms with E-state index in [2.05, 4.69) is 20.9 Å². The third-order valence-electron chi connectivity index (χ3n) is 4.56. The van der Waals surface area contributed by atoms with E-state index in [1.165, 1.54) is 12.8 Å². The molecule has 2 fully saturated rings. The molecule has 108 valence electrons. The lowest BCUT2D eigenvalue weighted by Crippen LogP contribution is -2.55. The average Bonchev–Trinajstić information content (AvgIpc) is 2.76. The van der Waals surface area contributed by atoms with Crippen molar-refractivity contribution in [3.05, 3.63) is 30.1 Å². The molecule has 3 heterocycles. The van der Waals surface area contributed by atoms with Crippen molar-refractivity contribution in [2.75, 3.05) is 19.6 Å². The number of hydrogen-bond donors (Lipinski definition) is 0. The maximum atomic E-state index is 12.0. The van der Waals surface area contributed by atoms with Crippen molar-refractivity contribution in [3.8, 4) is 0 Å². The van der Waals surface area contributed by atoms with Crippen LogP contribution in [0.3, 0.4) is 0 Å². The van der Waals surface area contributed by atoms with Gasteiger partial charge in [0.1, 0.15) is 0 Å². The van der Waals surface area contributed by atoms with E-state index in [0.29, 0.717) is 24.4 Å². The molecule has 0 N–H and O–H groups in total. The van der Waals surface area contributed by atoms with Crippen LogP contribution in [0.5, 0.6) is 0 Å². The number of likely N-dealkylation sites (tertiary alicyclic amines) is 1. The lowest BCUT2D eigenvalue weighted by molar-refractivity contribution is -0.136. The van der Waals surface area contributed by atoms with Gasteiger partial charge >= 0.3 is 0 Å². The Labute approximate surface area is 120 Å². The summed E-state index contributed by atoms with van der Waals surface area (Å²) in [6, 6.07) is 6.99. The van der Waals surface area contributed by atoms with Gasteiger partial charge in [-0.05, 0) is 25.0 Å². The first-order valence-electron chi connectivity index (χ1n) is 7.71. The Morgan fingerprint density at radius 1 is 1.30 bits per heavy atom. The standard InChI is InChI=1S/C16H23N3O/c1-2-16(20)19-14-6-7-15(19)12-18(11-14)10-8-13-5-3-4-9-17-13/h3-5,9,14-15H,2,6-8,10-12H2,1H3. The summed E-state index contributed by atoms with van der Waals surface area (Å²) in [5.74, 6) is 0.335. The highest BCUT2D eigenvalue weighted by atomic mass is 16.2. The molecule has 0 aromatic carbocycles. The lowest BCUT2D eigenvalue weighted by atomic mass is 10.1. The molecule has 2 saturated heterocycles. The zero-order valence-corrected chi connectivity index (χ0v) is 12.2. The SMILES string of the molecule is CCC(=O)N1C2CCC1CN(CCc1ccccn1)C2. The molecular formula is C16H23N3O. The van der Waals surface area contributed by atoms with Crippen LogP contribution in [0, 0.1) is 0 Å². The van der Waals surface area contributed by atoms with E-state index in [1.807, 2.05) is 25.3 Å². The molecule has 4 nitrogen and oxygen atoms in total. The highest BCUT2D eigenvalue weighted by Crippen LogP contribution is 2.30. The maximum Gasteiger partial charge on any atom is 0.222 e. The number of hydrogen-bond acceptors (Lipinski definition) is 3. The Bertz CT molecular complexity index is 448. The summed E-state index contributed by atoms with van der Waals surface area (Å²) < 4.78 is 0. The molecule has 3 rings (SSSR count). The second-order valence-corrected chi connectivity index (χ2v) is 5.87. The minimum Gasteiger partial charge on any atom is -0.334 e. The van der Waals surface area contributed by atoms with Crippen LogP contribution in [0.15, 0.2) is 24.4 Å². The van der Waals surface area contributed by atoms with Gasteiger partial charge in [0, 0.05) is 56.5 Å². The minimum atomic E-state index is 0.335. The number of nitrogens with zero attached hydrogens (tertiary/aromatic N) is 3. The van der Waals surface area contributed by atoms with Gasteiger partial charge in [-0.1, -0.05) is 13.0 Å². The van der Waals surface area contributed by atoms with Gasteiger partial charge in [-0.25, -0.2) is 0 Å². The molecule has 1 amide bonds. The molecule has 2 aliphatic heterocycles. The molecule has 2 bridgehead atoms. The lowest BCUT2D eigenvalue weighted by Gasteiger charge is -2.41. The average molecular weight is 273 g/mol. The zero-order valence-electron chi connectivity index (χ0n) is 12.2. The molecule has 0 aliphatic carbocycles. The maximum absolute atomic E-state index is 12.0. The van der Waals surface area contributed by atoms with Crippen LogP contribution in [0.2, 0.25) is 0 Å². The van der Waals surface area contributed by atoms with E-state index in [9.17, 15) is 4.79 Å². The molecular weight excluding hydrogens is 250 g/mol. The predicted octanol–water partition coefficient (Wildman–Crippen LogP) is 1.71. The molecule has 2 unspecified atom stereocenters.